The first-order valence-corrected chi connectivity index (χ1v) is 6.83. The van der Waals surface area contributed by atoms with Crippen LogP contribution in [-0.2, 0) is 4.74 Å². The molecule has 1 aromatic carbocycles. The van der Waals surface area contributed by atoms with E-state index in [4.69, 9.17) is 9.26 Å². The zero-order valence-electron chi connectivity index (χ0n) is 11.6. The van der Waals surface area contributed by atoms with Crippen LogP contribution in [0.4, 0.5) is 0 Å². The number of hydrogen-bond acceptors (Lipinski definition) is 5. The van der Waals surface area contributed by atoms with Crippen molar-refractivity contribution in [3.05, 3.63) is 42.2 Å². The number of β-amino-alcohol motifs (C(OH)–C–C–N with tert-alkyl or cyclic N) is 1. The molecule has 1 unspecified atom stereocenters. The summed E-state index contributed by atoms with van der Waals surface area (Å²) in [6, 6.07) is 11.6. The normalized spacial score (nSPS) is 17.2. The van der Waals surface area contributed by atoms with E-state index < -0.39 is 6.10 Å². The van der Waals surface area contributed by atoms with E-state index in [0.717, 1.165) is 37.6 Å². The van der Waals surface area contributed by atoms with E-state index in [1.807, 2.05) is 30.3 Å². The minimum atomic E-state index is -0.655. The molecule has 0 amide bonds. The summed E-state index contributed by atoms with van der Waals surface area (Å²) in [6.45, 7) is 3.68. The van der Waals surface area contributed by atoms with Gasteiger partial charge >= 0.3 is 0 Å². The third-order valence-electron chi connectivity index (χ3n) is 3.46. The molecule has 1 aliphatic heterocycles. The molecule has 1 N–H and O–H groups in total. The van der Waals surface area contributed by atoms with Crippen LogP contribution in [0.15, 0.2) is 40.9 Å². The molecule has 0 radical (unpaired) electrons. The molecule has 1 fully saturated rings. The molecular formula is C15H19ClN2O3. The molecular weight excluding hydrogens is 292 g/mol. The Bertz CT molecular complexity index is 541. The van der Waals surface area contributed by atoms with Gasteiger partial charge in [-0.15, -0.1) is 12.4 Å². The van der Waals surface area contributed by atoms with Crippen molar-refractivity contribution in [1.82, 2.24) is 10.1 Å². The SMILES string of the molecule is Cl.OC(CN1CCOCC1)c1cc(-c2ccccc2)no1. The number of aliphatic hydroxyl groups is 1. The highest BCUT2D eigenvalue weighted by Crippen LogP contribution is 2.23. The van der Waals surface area contributed by atoms with Gasteiger partial charge in [-0.3, -0.25) is 4.90 Å². The first-order valence-electron chi connectivity index (χ1n) is 6.83. The number of ether oxygens (including phenoxy) is 1. The van der Waals surface area contributed by atoms with E-state index in [0.29, 0.717) is 12.3 Å². The summed E-state index contributed by atoms with van der Waals surface area (Å²) < 4.78 is 10.6. The third-order valence-corrected chi connectivity index (χ3v) is 3.46. The summed E-state index contributed by atoms with van der Waals surface area (Å²) in [7, 11) is 0. The fourth-order valence-electron chi connectivity index (χ4n) is 2.31. The fourth-order valence-corrected chi connectivity index (χ4v) is 2.31. The Hall–Kier alpha value is -1.40. The maximum atomic E-state index is 10.2. The molecule has 21 heavy (non-hydrogen) atoms. The maximum absolute atomic E-state index is 10.2. The maximum Gasteiger partial charge on any atom is 0.167 e. The highest BCUT2D eigenvalue weighted by molar-refractivity contribution is 5.85. The average molecular weight is 311 g/mol. The molecule has 114 valence electrons. The Balaban J connectivity index is 0.00000161. The molecule has 3 rings (SSSR count). The van der Waals surface area contributed by atoms with Crippen molar-refractivity contribution in [1.29, 1.82) is 0 Å². The molecule has 1 saturated heterocycles. The van der Waals surface area contributed by atoms with Gasteiger partial charge in [0.05, 0.1) is 13.2 Å². The third kappa shape index (κ3) is 4.04. The number of nitrogens with zero attached hydrogens (tertiary/aromatic N) is 2. The zero-order valence-corrected chi connectivity index (χ0v) is 12.5. The quantitative estimate of drug-likeness (QED) is 0.937. The Kier molecular flexibility index (Phi) is 5.76. The van der Waals surface area contributed by atoms with Crippen LogP contribution in [0.2, 0.25) is 0 Å². The standard InChI is InChI=1S/C15H18N2O3.ClH/c18-14(11-17-6-8-19-9-7-17)15-10-13(16-20-15)12-4-2-1-3-5-12;/h1-5,10,14,18H,6-9,11H2;1H. The van der Waals surface area contributed by atoms with Crippen molar-refractivity contribution in [2.24, 2.45) is 0 Å². The van der Waals surface area contributed by atoms with E-state index in [-0.39, 0.29) is 12.4 Å². The van der Waals surface area contributed by atoms with Gasteiger partial charge in [-0.2, -0.15) is 0 Å². The lowest BCUT2D eigenvalue weighted by atomic mass is 10.1. The average Bonchev–Trinajstić information content (AvgIpc) is 2.99. The molecule has 0 aliphatic carbocycles. The number of hydrogen-bond donors (Lipinski definition) is 1. The smallest absolute Gasteiger partial charge is 0.167 e. The highest BCUT2D eigenvalue weighted by Gasteiger charge is 2.20. The fraction of sp³-hybridized carbons (Fsp3) is 0.400. The molecule has 1 aliphatic rings. The number of rotatable bonds is 4. The Labute approximate surface area is 129 Å². The molecule has 1 aromatic heterocycles. The first-order chi connectivity index (χ1) is 9.83. The lowest BCUT2D eigenvalue weighted by molar-refractivity contribution is 0.00892. The molecule has 0 spiro atoms. The van der Waals surface area contributed by atoms with Gasteiger partial charge in [0, 0.05) is 31.3 Å². The van der Waals surface area contributed by atoms with Crippen LogP contribution < -0.4 is 0 Å². The summed E-state index contributed by atoms with van der Waals surface area (Å²) in [5, 5.41) is 14.2. The van der Waals surface area contributed by atoms with Crippen LogP contribution in [0, 0.1) is 0 Å². The summed E-state index contributed by atoms with van der Waals surface area (Å²) >= 11 is 0. The van der Waals surface area contributed by atoms with Crippen LogP contribution in [-0.4, -0.2) is 48.0 Å². The van der Waals surface area contributed by atoms with Gasteiger partial charge in [0.2, 0.25) is 0 Å². The number of aromatic nitrogens is 1. The van der Waals surface area contributed by atoms with Crippen molar-refractivity contribution in [2.45, 2.75) is 6.10 Å². The summed E-state index contributed by atoms with van der Waals surface area (Å²) in [4.78, 5) is 2.17. The minimum Gasteiger partial charge on any atom is -0.384 e. The number of halogens is 1. The second-order valence-electron chi connectivity index (χ2n) is 4.91. The molecule has 1 atom stereocenters. The molecule has 2 aromatic rings. The van der Waals surface area contributed by atoms with Crippen LogP contribution in [0.5, 0.6) is 0 Å². The molecule has 5 nitrogen and oxygen atoms in total. The van der Waals surface area contributed by atoms with Gasteiger partial charge in [-0.25, -0.2) is 0 Å². The van der Waals surface area contributed by atoms with E-state index >= 15 is 0 Å². The largest absolute Gasteiger partial charge is 0.384 e. The molecule has 0 saturated carbocycles. The second-order valence-corrected chi connectivity index (χ2v) is 4.91. The number of aliphatic hydroxyl groups excluding tert-OH is 1. The monoisotopic (exact) mass is 310 g/mol. The van der Waals surface area contributed by atoms with Crippen LogP contribution in [0.1, 0.15) is 11.9 Å². The molecule has 6 heteroatoms. The van der Waals surface area contributed by atoms with E-state index in [1.165, 1.54) is 0 Å². The van der Waals surface area contributed by atoms with Crippen molar-refractivity contribution < 1.29 is 14.4 Å². The highest BCUT2D eigenvalue weighted by atomic mass is 35.5. The van der Waals surface area contributed by atoms with Crippen LogP contribution in [0.25, 0.3) is 11.3 Å². The number of morpholine rings is 1. The van der Waals surface area contributed by atoms with Crippen LogP contribution >= 0.6 is 12.4 Å². The van der Waals surface area contributed by atoms with Gasteiger partial charge in [0.15, 0.2) is 5.76 Å². The second kappa shape index (κ2) is 7.56. The first kappa shape index (κ1) is 16.0. The van der Waals surface area contributed by atoms with Crippen LogP contribution in [0.3, 0.4) is 0 Å². The van der Waals surface area contributed by atoms with Gasteiger partial charge in [0.1, 0.15) is 11.8 Å². The van der Waals surface area contributed by atoms with Crippen molar-refractivity contribution in [3.8, 4) is 11.3 Å². The topological polar surface area (TPSA) is 58.7 Å². The Morgan fingerprint density at radius 2 is 1.90 bits per heavy atom. The van der Waals surface area contributed by atoms with Gasteiger partial charge < -0.3 is 14.4 Å². The summed E-state index contributed by atoms with van der Waals surface area (Å²) in [5.41, 5.74) is 1.74. The van der Waals surface area contributed by atoms with E-state index in [1.54, 1.807) is 6.07 Å². The van der Waals surface area contributed by atoms with Gasteiger partial charge in [0.25, 0.3) is 0 Å². The molecule has 0 bridgehead atoms. The molecule has 2 heterocycles. The van der Waals surface area contributed by atoms with Gasteiger partial charge in [-0.1, -0.05) is 35.5 Å². The van der Waals surface area contributed by atoms with E-state index in [2.05, 4.69) is 10.1 Å². The van der Waals surface area contributed by atoms with E-state index in [9.17, 15) is 5.11 Å². The van der Waals surface area contributed by atoms with Gasteiger partial charge in [-0.05, 0) is 0 Å². The van der Waals surface area contributed by atoms with Crippen molar-refractivity contribution in [3.63, 3.8) is 0 Å². The predicted octanol–water partition coefficient (Wildman–Crippen LogP) is 2.13. The predicted molar refractivity (Wildman–Crippen MR) is 81.4 cm³/mol. The van der Waals surface area contributed by atoms with Crippen molar-refractivity contribution in [2.75, 3.05) is 32.8 Å². The Morgan fingerprint density at radius 1 is 1.19 bits per heavy atom. The summed E-state index contributed by atoms with van der Waals surface area (Å²) in [5.74, 6) is 0.510. The summed E-state index contributed by atoms with van der Waals surface area (Å²) in [6.07, 6.45) is -0.655. The lowest BCUT2D eigenvalue weighted by Gasteiger charge is -2.27. The Morgan fingerprint density at radius 3 is 2.62 bits per heavy atom. The zero-order chi connectivity index (χ0) is 13.8. The lowest BCUT2D eigenvalue weighted by Crippen LogP contribution is -2.38. The number of benzene rings is 1. The van der Waals surface area contributed by atoms with Crippen molar-refractivity contribution >= 4 is 12.4 Å². The minimum absolute atomic E-state index is 0.